The number of amides is 1. The van der Waals surface area contributed by atoms with Crippen LogP contribution in [0.2, 0.25) is 0 Å². The van der Waals surface area contributed by atoms with E-state index < -0.39 is 28.9 Å². The van der Waals surface area contributed by atoms with Crippen molar-refractivity contribution in [3.8, 4) is 0 Å². The first-order valence-electron chi connectivity index (χ1n) is 13.0. The number of halogens is 5. The zero-order valence-corrected chi connectivity index (χ0v) is 21.1. The molecule has 0 aliphatic carbocycles. The van der Waals surface area contributed by atoms with Crippen LogP contribution in [0.3, 0.4) is 0 Å². The highest BCUT2D eigenvalue weighted by Crippen LogP contribution is 2.38. The summed E-state index contributed by atoms with van der Waals surface area (Å²) < 4.78 is 65.8. The number of amidine groups is 1. The van der Waals surface area contributed by atoms with Crippen LogP contribution in [0.15, 0.2) is 77.8 Å². The van der Waals surface area contributed by atoms with Crippen molar-refractivity contribution < 1.29 is 26.7 Å². The first-order valence-corrected chi connectivity index (χ1v) is 13.0. The number of nitrogens with one attached hydrogen (secondary N) is 1. The highest BCUT2D eigenvalue weighted by atomic mass is 19.4. The van der Waals surface area contributed by atoms with E-state index in [1.54, 1.807) is 12.1 Å². The monoisotopic (exact) mass is 541 g/mol. The number of likely N-dealkylation sites (tertiary alicyclic amines) is 1. The van der Waals surface area contributed by atoms with Crippen LogP contribution in [0, 0.1) is 11.6 Å². The molecule has 2 aliphatic rings. The first kappa shape index (κ1) is 27.0. The Balaban J connectivity index is 1.21. The van der Waals surface area contributed by atoms with E-state index in [4.69, 9.17) is 4.99 Å². The van der Waals surface area contributed by atoms with Gasteiger partial charge in [0.15, 0.2) is 5.54 Å². The molecular weight excluding hydrogens is 513 g/mol. The largest absolute Gasteiger partial charge is 0.416 e. The zero-order valence-electron chi connectivity index (χ0n) is 21.1. The molecule has 3 aromatic rings. The predicted molar refractivity (Wildman–Crippen MR) is 138 cm³/mol. The van der Waals surface area contributed by atoms with Crippen molar-refractivity contribution in [1.29, 1.82) is 0 Å². The molecule has 1 amide bonds. The number of piperidine rings is 1. The van der Waals surface area contributed by atoms with Crippen LogP contribution in [0.1, 0.15) is 53.9 Å². The molecule has 39 heavy (non-hydrogen) atoms. The summed E-state index contributed by atoms with van der Waals surface area (Å²) in [5, 5.41) is 2.88. The van der Waals surface area contributed by atoms with Crippen LogP contribution in [0.25, 0.3) is 0 Å². The molecule has 0 atom stereocenters. The third-order valence-corrected chi connectivity index (χ3v) is 7.60. The molecule has 1 saturated heterocycles. The average molecular weight is 542 g/mol. The third kappa shape index (κ3) is 5.73. The van der Waals surface area contributed by atoms with E-state index in [9.17, 15) is 26.7 Å². The van der Waals surface area contributed by atoms with Crippen LogP contribution in [0.5, 0.6) is 0 Å². The van der Waals surface area contributed by atoms with Gasteiger partial charge in [-0.15, -0.1) is 0 Å². The molecule has 9 heteroatoms. The molecule has 0 spiro atoms. The van der Waals surface area contributed by atoms with Gasteiger partial charge >= 0.3 is 6.18 Å². The number of nitrogens with zero attached hydrogens (tertiary/aromatic N) is 2. The topological polar surface area (TPSA) is 44.7 Å². The van der Waals surface area contributed by atoms with Gasteiger partial charge in [0.25, 0.3) is 5.91 Å². The Hall–Kier alpha value is -3.59. The quantitative estimate of drug-likeness (QED) is 0.351. The van der Waals surface area contributed by atoms with Crippen molar-refractivity contribution in [2.75, 3.05) is 19.6 Å². The second-order valence-corrected chi connectivity index (χ2v) is 10.1. The second-order valence-electron chi connectivity index (χ2n) is 10.1. The lowest BCUT2D eigenvalue weighted by molar-refractivity contribution is -0.137. The number of alkyl halides is 3. The van der Waals surface area contributed by atoms with Gasteiger partial charge in [-0.25, -0.2) is 13.8 Å². The summed E-state index contributed by atoms with van der Waals surface area (Å²) in [6.07, 6.45) is -1.34. The first-order chi connectivity index (χ1) is 18.6. The number of aliphatic imine (C=N–C) groups is 1. The van der Waals surface area contributed by atoms with Gasteiger partial charge < -0.3 is 10.2 Å². The average Bonchev–Trinajstić information content (AvgIpc) is 3.26. The maximum Gasteiger partial charge on any atom is 0.416 e. The van der Waals surface area contributed by atoms with Gasteiger partial charge in [-0.1, -0.05) is 36.4 Å². The smallest absolute Gasteiger partial charge is 0.312 e. The van der Waals surface area contributed by atoms with Gasteiger partial charge in [0.2, 0.25) is 0 Å². The summed E-state index contributed by atoms with van der Waals surface area (Å²) in [4.78, 5) is 20.4. The third-order valence-electron chi connectivity index (χ3n) is 7.60. The summed E-state index contributed by atoms with van der Waals surface area (Å²) >= 11 is 0. The van der Waals surface area contributed by atoms with E-state index in [0.29, 0.717) is 23.4 Å². The highest BCUT2D eigenvalue weighted by Gasteiger charge is 2.46. The van der Waals surface area contributed by atoms with E-state index in [-0.39, 0.29) is 11.8 Å². The van der Waals surface area contributed by atoms with Crippen molar-refractivity contribution in [3.05, 3.63) is 107 Å². The van der Waals surface area contributed by atoms with Crippen LogP contribution >= 0.6 is 0 Å². The number of carbonyl (C=O) groups is 1. The fraction of sp³-hybridized carbons (Fsp3) is 0.333. The Morgan fingerprint density at radius 1 is 0.846 bits per heavy atom. The lowest BCUT2D eigenvalue weighted by atomic mass is 9.83. The molecule has 4 nitrogen and oxygen atoms in total. The molecule has 0 unspecified atom stereocenters. The predicted octanol–water partition coefficient (Wildman–Crippen LogP) is 6.42. The number of carbonyl (C=O) groups excluding carboxylic acids is 1. The molecule has 0 bridgehead atoms. The molecule has 0 radical (unpaired) electrons. The lowest BCUT2D eigenvalue weighted by Crippen LogP contribution is -2.38. The van der Waals surface area contributed by atoms with Crippen LogP contribution in [-0.2, 0) is 16.5 Å². The van der Waals surface area contributed by atoms with E-state index in [1.807, 2.05) is 0 Å². The normalized spacial score (nSPS) is 18.2. The molecule has 1 fully saturated rings. The number of benzene rings is 3. The molecule has 5 rings (SSSR count). The van der Waals surface area contributed by atoms with E-state index >= 15 is 0 Å². The van der Waals surface area contributed by atoms with E-state index in [1.165, 1.54) is 48.5 Å². The molecule has 204 valence electrons. The number of rotatable bonds is 7. The SMILES string of the molecule is O=C1NC(CCCN2CCC(c3ccc(C(F)(F)F)cc3)CC2)=NC1(c1ccc(F)cc1)c1ccc(F)cc1. The van der Waals surface area contributed by atoms with Gasteiger partial charge in [0.1, 0.15) is 17.5 Å². The Bertz CT molecular complexity index is 1280. The maximum atomic E-state index is 13.6. The minimum atomic E-state index is -4.33. The van der Waals surface area contributed by atoms with Crippen molar-refractivity contribution in [2.45, 2.75) is 43.3 Å². The Morgan fingerprint density at radius 3 is 1.90 bits per heavy atom. The molecule has 2 aliphatic heterocycles. The van der Waals surface area contributed by atoms with Crippen LogP contribution in [-0.4, -0.2) is 36.3 Å². The molecule has 1 N–H and O–H groups in total. The maximum absolute atomic E-state index is 13.6. The Labute approximate surface area is 223 Å². The number of hydrogen-bond acceptors (Lipinski definition) is 3. The molecular formula is C30H28F5N3O. The van der Waals surface area contributed by atoms with E-state index in [2.05, 4.69) is 10.2 Å². The van der Waals surface area contributed by atoms with Gasteiger partial charge in [-0.3, -0.25) is 4.79 Å². The van der Waals surface area contributed by atoms with Crippen molar-refractivity contribution >= 4 is 11.7 Å². The van der Waals surface area contributed by atoms with Crippen molar-refractivity contribution in [1.82, 2.24) is 10.2 Å². The standard InChI is InChI=1S/C30H28F5N3O/c31-25-11-7-22(8-12-25)29(23-9-13-26(32)14-10-23)28(39)36-27(37-29)2-1-17-38-18-15-21(16-19-38)20-3-5-24(6-4-20)30(33,34)35/h3-14,21H,1-2,15-19H2,(H,36,37,39). The lowest BCUT2D eigenvalue weighted by Gasteiger charge is -2.32. The minimum absolute atomic E-state index is 0.231. The zero-order chi connectivity index (χ0) is 27.6. The molecule has 0 saturated carbocycles. The minimum Gasteiger partial charge on any atom is -0.312 e. The van der Waals surface area contributed by atoms with Crippen LogP contribution < -0.4 is 5.32 Å². The fourth-order valence-electron chi connectivity index (χ4n) is 5.47. The van der Waals surface area contributed by atoms with Gasteiger partial charge in [-0.05, 0) is 97.9 Å². The molecule has 3 aromatic carbocycles. The highest BCUT2D eigenvalue weighted by molar-refractivity contribution is 6.10. The van der Waals surface area contributed by atoms with Crippen LogP contribution in [0.4, 0.5) is 22.0 Å². The summed E-state index contributed by atoms with van der Waals surface area (Å²) in [6, 6.07) is 16.6. The van der Waals surface area contributed by atoms with Gasteiger partial charge in [-0.2, -0.15) is 13.2 Å². The summed E-state index contributed by atoms with van der Waals surface area (Å²) in [6.45, 7) is 2.45. The summed E-state index contributed by atoms with van der Waals surface area (Å²) in [7, 11) is 0. The van der Waals surface area contributed by atoms with Crippen molar-refractivity contribution in [2.24, 2.45) is 4.99 Å². The van der Waals surface area contributed by atoms with E-state index in [0.717, 1.165) is 56.6 Å². The molecule has 2 heterocycles. The molecule has 0 aromatic heterocycles. The Morgan fingerprint density at radius 2 is 1.38 bits per heavy atom. The summed E-state index contributed by atoms with van der Waals surface area (Å²) in [5.41, 5.74) is -0.129. The summed E-state index contributed by atoms with van der Waals surface area (Å²) in [5.74, 6) is -0.481. The Kier molecular flexibility index (Phi) is 7.53. The fourth-order valence-corrected chi connectivity index (χ4v) is 5.47. The number of hydrogen-bond donors (Lipinski definition) is 1. The van der Waals surface area contributed by atoms with Gasteiger partial charge in [0, 0.05) is 6.42 Å². The van der Waals surface area contributed by atoms with Gasteiger partial charge in [0.05, 0.1) is 5.56 Å². The second kappa shape index (κ2) is 10.9. The van der Waals surface area contributed by atoms with Crippen molar-refractivity contribution in [3.63, 3.8) is 0 Å².